The number of nitrogens with zero attached hydrogens (tertiary/aromatic N) is 6. The third kappa shape index (κ3) is 5.79. The number of hydrogen-bond donors (Lipinski definition) is 2. The second-order valence-electron chi connectivity index (χ2n) is 10.1. The van der Waals surface area contributed by atoms with Gasteiger partial charge in [-0.05, 0) is 40.1 Å². The molecular weight excluding hydrogens is 478 g/mol. The van der Waals surface area contributed by atoms with Crippen molar-refractivity contribution < 1.29 is 27.7 Å². The van der Waals surface area contributed by atoms with Crippen LogP contribution in [0.4, 0.5) is 19.0 Å². The molecule has 0 aromatic carbocycles. The fourth-order valence-electron chi connectivity index (χ4n) is 3.40. The monoisotopic (exact) mass is 507 g/mol. The number of anilines is 1. The normalized spacial score (nSPS) is 16.6. The Balaban J connectivity index is 1.65. The van der Waals surface area contributed by atoms with Crippen LogP contribution in [0.1, 0.15) is 51.5 Å². The van der Waals surface area contributed by atoms with Crippen LogP contribution in [0.25, 0.3) is 0 Å². The molecule has 0 bridgehead atoms. The molecule has 1 amide bonds. The molecule has 1 saturated heterocycles. The third-order valence-corrected chi connectivity index (χ3v) is 6.61. The predicted molar refractivity (Wildman–Crippen MR) is 126 cm³/mol. The van der Waals surface area contributed by atoms with E-state index in [4.69, 9.17) is 4.65 Å². The van der Waals surface area contributed by atoms with E-state index in [0.717, 1.165) is 18.6 Å². The average molecular weight is 507 g/mol. The molecule has 194 valence electrons. The van der Waals surface area contributed by atoms with Gasteiger partial charge >= 0.3 is 13.7 Å². The summed E-state index contributed by atoms with van der Waals surface area (Å²) in [5.74, 6) is -0.549. The Hall–Kier alpha value is -3.18. The van der Waals surface area contributed by atoms with Gasteiger partial charge < -0.3 is 20.0 Å². The largest absolute Gasteiger partial charge is 0.427 e. The van der Waals surface area contributed by atoms with Crippen molar-refractivity contribution in [1.82, 2.24) is 25.1 Å². The minimum Gasteiger partial charge on any atom is -0.427 e. The molecule has 1 aliphatic heterocycles. The number of amides is 1. The van der Waals surface area contributed by atoms with Gasteiger partial charge in [0.05, 0.1) is 36.1 Å². The van der Waals surface area contributed by atoms with Crippen LogP contribution >= 0.6 is 0 Å². The first kappa shape index (κ1) is 27.4. The molecule has 36 heavy (non-hydrogen) atoms. The van der Waals surface area contributed by atoms with E-state index in [1.807, 2.05) is 10.2 Å². The lowest BCUT2D eigenvalue weighted by Crippen LogP contribution is -2.63. The Morgan fingerprint density at radius 1 is 1.28 bits per heavy atom. The van der Waals surface area contributed by atoms with E-state index in [1.165, 1.54) is 6.20 Å². The van der Waals surface area contributed by atoms with Gasteiger partial charge in [-0.2, -0.15) is 23.5 Å². The number of nitriles is 1. The molecule has 0 spiro atoms. The van der Waals surface area contributed by atoms with Crippen LogP contribution in [0.3, 0.4) is 0 Å². The lowest BCUT2D eigenvalue weighted by molar-refractivity contribution is -0.149. The van der Waals surface area contributed by atoms with Gasteiger partial charge in [0.1, 0.15) is 23.1 Å². The van der Waals surface area contributed by atoms with Crippen LogP contribution in [0.2, 0.25) is 0 Å². The second kappa shape index (κ2) is 9.70. The molecule has 0 unspecified atom stereocenters. The van der Waals surface area contributed by atoms with Crippen LogP contribution < -0.4 is 15.7 Å². The maximum Gasteiger partial charge on any atom is 0.408 e. The first-order valence-electron chi connectivity index (χ1n) is 11.3. The maximum atomic E-state index is 12.7. The number of aliphatic hydroxyl groups is 1. The first-order chi connectivity index (χ1) is 16.6. The third-order valence-electron chi connectivity index (χ3n) is 6.61. The number of carbonyl (C=O) groups excluding carboxylic acids is 1. The Kier molecular flexibility index (Phi) is 7.39. The number of carbonyl (C=O) groups is 1. The molecule has 0 saturated carbocycles. The molecule has 2 N–H and O–H groups in total. The minimum atomic E-state index is -4.56. The van der Waals surface area contributed by atoms with Gasteiger partial charge in [-0.15, -0.1) is 0 Å². The summed E-state index contributed by atoms with van der Waals surface area (Å²) in [6.07, 6.45) is 1.50. The van der Waals surface area contributed by atoms with E-state index in [1.54, 1.807) is 44.8 Å². The lowest BCUT2D eigenvalue weighted by Gasteiger charge is -2.49. The number of aromatic nitrogens is 4. The van der Waals surface area contributed by atoms with Crippen LogP contribution in [-0.4, -0.2) is 74.8 Å². The molecule has 1 aliphatic rings. The number of alkyl halides is 3. The summed E-state index contributed by atoms with van der Waals surface area (Å²) >= 11 is 0. The summed E-state index contributed by atoms with van der Waals surface area (Å²) in [5.41, 5.74) is -1.90. The molecule has 1 atom stereocenters. The van der Waals surface area contributed by atoms with Gasteiger partial charge in [0.25, 0.3) is 5.91 Å². The molecule has 0 radical (unpaired) electrons. The quantitative estimate of drug-likeness (QED) is 0.482. The zero-order chi connectivity index (χ0) is 26.9. The highest BCUT2D eigenvalue weighted by atomic mass is 19.4. The van der Waals surface area contributed by atoms with Gasteiger partial charge in [-0.3, -0.25) is 9.48 Å². The Bertz CT molecular complexity index is 1120. The molecular formula is C22H29BF3N7O3. The summed E-state index contributed by atoms with van der Waals surface area (Å²) in [7, 11) is 0.227. The van der Waals surface area contributed by atoms with Crippen LogP contribution in [-0.2, 0) is 10.2 Å². The summed E-state index contributed by atoms with van der Waals surface area (Å²) in [6.45, 7) is 8.57. The van der Waals surface area contributed by atoms with Crippen molar-refractivity contribution in [1.29, 1.82) is 5.26 Å². The fourth-order valence-corrected chi connectivity index (χ4v) is 3.40. The molecule has 2 aromatic heterocycles. The number of halogens is 3. The molecule has 2 aromatic rings. The van der Waals surface area contributed by atoms with E-state index in [0.29, 0.717) is 18.9 Å². The Morgan fingerprint density at radius 2 is 1.94 bits per heavy atom. The topological polar surface area (TPSA) is 129 Å². The van der Waals surface area contributed by atoms with Crippen molar-refractivity contribution in [2.75, 3.05) is 18.0 Å². The second-order valence-corrected chi connectivity index (χ2v) is 10.1. The Morgan fingerprint density at radius 3 is 2.47 bits per heavy atom. The zero-order valence-electron chi connectivity index (χ0n) is 20.8. The van der Waals surface area contributed by atoms with Crippen LogP contribution in [0, 0.1) is 11.3 Å². The van der Waals surface area contributed by atoms with E-state index in [9.17, 15) is 28.3 Å². The number of rotatable bonds is 9. The van der Waals surface area contributed by atoms with Crippen LogP contribution in [0.5, 0.6) is 0 Å². The Labute approximate surface area is 207 Å². The van der Waals surface area contributed by atoms with Crippen molar-refractivity contribution in [3.63, 3.8) is 0 Å². The van der Waals surface area contributed by atoms with Gasteiger partial charge in [0.2, 0.25) is 0 Å². The van der Waals surface area contributed by atoms with Crippen molar-refractivity contribution in [3.8, 4) is 6.07 Å². The standard InChI is InChI=1S/C22H29BF3N7O3/c1-14(22(24,25)26)31-18(34)16-9-29-17(10-28-16)32-12-21(13-32,6-7-27)33-11-15(8-30-33)23-36-20(4,5)19(2,3)35/h8-11,14,23,35H,6,12-13H2,1-5H3,(H,31,34)/t14-/m0/s1. The molecule has 10 nitrogen and oxygen atoms in total. The highest BCUT2D eigenvalue weighted by Gasteiger charge is 2.46. The molecule has 14 heteroatoms. The molecule has 1 fully saturated rings. The molecule has 3 rings (SSSR count). The fraction of sp³-hybridized carbons (Fsp3) is 0.591. The summed E-state index contributed by atoms with van der Waals surface area (Å²) in [5, 5.41) is 25.9. The number of nitrogens with one attached hydrogen (secondary N) is 1. The first-order valence-corrected chi connectivity index (χ1v) is 11.3. The van der Waals surface area contributed by atoms with Crippen molar-refractivity contribution in [3.05, 3.63) is 30.5 Å². The van der Waals surface area contributed by atoms with E-state index < -0.39 is 34.9 Å². The van der Waals surface area contributed by atoms with E-state index >= 15 is 0 Å². The van der Waals surface area contributed by atoms with E-state index in [-0.39, 0.29) is 19.6 Å². The van der Waals surface area contributed by atoms with Crippen molar-refractivity contribution in [2.24, 2.45) is 0 Å². The summed E-state index contributed by atoms with van der Waals surface area (Å²) < 4.78 is 45.6. The lowest BCUT2D eigenvalue weighted by atomic mass is 9.83. The van der Waals surface area contributed by atoms with Gasteiger partial charge in [-0.1, -0.05) is 0 Å². The average Bonchev–Trinajstić information content (AvgIpc) is 3.22. The van der Waals surface area contributed by atoms with Gasteiger partial charge in [-0.25, -0.2) is 9.97 Å². The molecule has 0 aliphatic carbocycles. The van der Waals surface area contributed by atoms with Gasteiger partial charge in [0, 0.05) is 25.5 Å². The number of hydrogen-bond acceptors (Lipinski definition) is 8. The van der Waals surface area contributed by atoms with Crippen LogP contribution in [0.15, 0.2) is 24.8 Å². The van der Waals surface area contributed by atoms with Crippen molar-refractivity contribution >= 4 is 24.7 Å². The summed E-state index contributed by atoms with van der Waals surface area (Å²) in [4.78, 5) is 22.0. The molecule has 3 heterocycles. The smallest absolute Gasteiger partial charge is 0.408 e. The van der Waals surface area contributed by atoms with Crippen molar-refractivity contribution in [2.45, 2.75) is 70.0 Å². The zero-order valence-corrected chi connectivity index (χ0v) is 20.8. The maximum absolute atomic E-state index is 12.7. The summed E-state index contributed by atoms with van der Waals surface area (Å²) in [6, 6.07) is 0.173. The predicted octanol–water partition coefficient (Wildman–Crippen LogP) is 1.03. The SMILES string of the molecule is C[C@H](NC(=O)c1cnc(N2CC(CC#N)(n3cc(BOC(C)(C)C(C)(C)O)cn3)C2)cn1)C(F)(F)F. The van der Waals surface area contributed by atoms with E-state index in [2.05, 4.69) is 21.1 Å². The van der Waals surface area contributed by atoms with Gasteiger partial charge in [0.15, 0.2) is 0 Å². The minimum absolute atomic E-state index is 0.184. The highest BCUT2D eigenvalue weighted by molar-refractivity contribution is 6.46. The highest BCUT2D eigenvalue weighted by Crippen LogP contribution is 2.34.